The van der Waals surface area contributed by atoms with Crippen LogP contribution in [-0.4, -0.2) is 22.9 Å². The Kier molecular flexibility index (Phi) is 10.7. The Morgan fingerprint density at radius 1 is 1.24 bits per heavy atom. The van der Waals surface area contributed by atoms with E-state index in [1.165, 1.54) is 12.3 Å². The van der Waals surface area contributed by atoms with Crippen LogP contribution < -0.4 is 5.73 Å². The van der Waals surface area contributed by atoms with E-state index in [9.17, 15) is 18.3 Å². The van der Waals surface area contributed by atoms with E-state index in [0.29, 0.717) is 40.8 Å². The minimum absolute atomic E-state index is 0.0295. The standard InChI is InChI=1S/C27H28F3NO3.CH2O2/c1-4-8-24(18(5-2)6-3)33-15-21-16-34-25-22(21)12-20(13-23(25)26(32)27(28,29)30)19-10-7-9-17(11-19)14-31;2-1-3/h4-5,7-13,16,26,32H,2,6,14-15,31H2,1,3H3;1H,(H,2,3)/b8-4-,24-18-;. The van der Waals surface area contributed by atoms with Crippen LogP contribution in [0.3, 0.4) is 0 Å². The summed E-state index contributed by atoms with van der Waals surface area (Å²) in [4.78, 5) is 8.36. The normalized spacial score (nSPS) is 13.1. The molecule has 3 aromatic rings. The molecule has 1 unspecified atom stereocenters. The molecule has 0 aliphatic heterocycles. The first-order valence-electron chi connectivity index (χ1n) is 11.4. The molecule has 0 amide bonds. The molecular weight excluding hydrogens is 487 g/mol. The van der Waals surface area contributed by atoms with Crippen molar-refractivity contribution in [3.8, 4) is 11.1 Å². The number of hydrogen-bond acceptors (Lipinski definition) is 5. The number of carbonyl (C=O) groups is 1. The van der Waals surface area contributed by atoms with Crippen molar-refractivity contribution in [2.24, 2.45) is 5.73 Å². The number of aliphatic hydroxyl groups is 1. The fourth-order valence-electron chi connectivity index (χ4n) is 3.72. The number of fused-ring (bicyclic) bond motifs is 1. The topological polar surface area (TPSA) is 106 Å². The van der Waals surface area contributed by atoms with Crippen LogP contribution in [0.1, 0.15) is 43.1 Å². The Bertz CT molecular complexity index is 1270. The third-order valence-electron chi connectivity index (χ3n) is 5.53. The van der Waals surface area contributed by atoms with Gasteiger partial charge in [0.15, 0.2) is 6.10 Å². The van der Waals surface area contributed by atoms with Crippen molar-refractivity contribution in [1.82, 2.24) is 0 Å². The van der Waals surface area contributed by atoms with Gasteiger partial charge in [0.2, 0.25) is 0 Å². The molecular formula is C28H30F3NO5. The summed E-state index contributed by atoms with van der Waals surface area (Å²) in [5, 5.41) is 17.4. The van der Waals surface area contributed by atoms with E-state index in [4.69, 9.17) is 24.8 Å². The van der Waals surface area contributed by atoms with Gasteiger partial charge in [0, 0.05) is 23.1 Å². The fraction of sp³-hybridized carbons (Fsp3) is 0.250. The lowest BCUT2D eigenvalue weighted by Gasteiger charge is -2.17. The summed E-state index contributed by atoms with van der Waals surface area (Å²) in [6, 6.07) is 10.3. The summed E-state index contributed by atoms with van der Waals surface area (Å²) in [5.41, 5.74) is 8.84. The molecule has 1 aromatic heterocycles. The highest BCUT2D eigenvalue weighted by Crippen LogP contribution is 2.40. The van der Waals surface area contributed by atoms with Gasteiger partial charge in [0.1, 0.15) is 17.9 Å². The van der Waals surface area contributed by atoms with Crippen molar-refractivity contribution in [3.63, 3.8) is 0 Å². The largest absolute Gasteiger partial charge is 0.488 e. The molecule has 0 saturated carbocycles. The molecule has 0 aliphatic rings. The second-order valence-electron chi connectivity index (χ2n) is 7.89. The maximum absolute atomic E-state index is 13.5. The van der Waals surface area contributed by atoms with Gasteiger partial charge in [-0.2, -0.15) is 13.2 Å². The highest BCUT2D eigenvalue weighted by molar-refractivity contribution is 5.89. The third-order valence-corrected chi connectivity index (χ3v) is 5.53. The summed E-state index contributed by atoms with van der Waals surface area (Å²) in [6.07, 6.45) is -0.117. The van der Waals surface area contributed by atoms with Crippen LogP contribution in [0.5, 0.6) is 0 Å². The highest BCUT2D eigenvalue weighted by Gasteiger charge is 2.41. The first-order chi connectivity index (χ1) is 17.6. The summed E-state index contributed by atoms with van der Waals surface area (Å²) in [7, 11) is 0. The third kappa shape index (κ3) is 7.34. The summed E-state index contributed by atoms with van der Waals surface area (Å²) in [5.74, 6) is 0.622. The Hall–Kier alpha value is -3.82. The van der Waals surface area contributed by atoms with Gasteiger partial charge in [-0.05, 0) is 59.9 Å². The number of ether oxygens (including phenoxy) is 1. The Morgan fingerprint density at radius 3 is 2.51 bits per heavy atom. The van der Waals surface area contributed by atoms with Gasteiger partial charge < -0.3 is 25.1 Å². The van der Waals surface area contributed by atoms with Crippen molar-refractivity contribution in [1.29, 1.82) is 0 Å². The lowest BCUT2D eigenvalue weighted by Crippen LogP contribution is -2.20. The smallest absolute Gasteiger partial charge is 0.418 e. The van der Waals surface area contributed by atoms with Crippen LogP contribution in [0.2, 0.25) is 0 Å². The lowest BCUT2D eigenvalue weighted by molar-refractivity contribution is -0.206. The van der Waals surface area contributed by atoms with E-state index in [0.717, 1.165) is 11.1 Å². The van der Waals surface area contributed by atoms with Crippen LogP contribution >= 0.6 is 0 Å². The Balaban J connectivity index is 0.00000153. The van der Waals surface area contributed by atoms with Crippen molar-refractivity contribution in [3.05, 3.63) is 95.5 Å². The molecule has 198 valence electrons. The number of hydrogen-bond donors (Lipinski definition) is 3. The zero-order valence-electron chi connectivity index (χ0n) is 20.6. The van der Waals surface area contributed by atoms with E-state index in [1.807, 2.05) is 38.1 Å². The van der Waals surface area contributed by atoms with E-state index in [1.54, 1.807) is 24.3 Å². The lowest BCUT2D eigenvalue weighted by atomic mass is 9.95. The first kappa shape index (κ1) is 29.4. The Morgan fingerprint density at radius 2 is 1.95 bits per heavy atom. The van der Waals surface area contributed by atoms with Gasteiger partial charge >= 0.3 is 6.18 Å². The van der Waals surface area contributed by atoms with Crippen LogP contribution in [0, 0.1) is 0 Å². The minimum atomic E-state index is -4.85. The SMILES string of the molecule is C=C/C(CC)=C(\C=C/C)OCc1coc2c(C(O)C(F)(F)F)cc(-c3cccc(CN)c3)cc12.O=CO. The second kappa shape index (κ2) is 13.5. The predicted molar refractivity (Wildman–Crippen MR) is 136 cm³/mol. The molecule has 9 heteroatoms. The molecule has 4 N–H and O–H groups in total. The Labute approximate surface area is 213 Å². The second-order valence-corrected chi connectivity index (χ2v) is 7.89. The number of alkyl halides is 3. The summed E-state index contributed by atoms with van der Waals surface area (Å²) >= 11 is 0. The van der Waals surface area contributed by atoms with Crippen molar-refractivity contribution in [2.75, 3.05) is 0 Å². The predicted octanol–water partition coefficient (Wildman–Crippen LogP) is 6.80. The quantitative estimate of drug-likeness (QED) is 0.164. The maximum Gasteiger partial charge on any atom is 0.418 e. The van der Waals surface area contributed by atoms with E-state index >= 15 is 0 Å². The molecule has 6 nitrogen and oxygen atoms in total. The van der Waals surface area contributed by atoms with Gasteiger partial charge in [-0.25, -0.2) is 0 Å². The molecule has 0 radical (unpaired) electrons. The molecule has 0 fully saturated rings. The van der Waals surface area contributed by atoms with Gasteiger partial charge in [-0.15, -0.1) is 0 Å². The minimum Gasteiger partial charge on any atom is -0.488 e. The van der Waals surface area contributed by atoms with Crippen LogP contribution in [-0.2, 0) is 22.7 Å². The highest BCUT2D eigenvalue weighted by atomic mass is 19.4. The van der Waals surface area contributed by atoms with Gasteiger partial charge in [0.05, 0.1) is 6.26 Å². The van der Waals surface area contributed by atoms with Crippen LogP contribution in [0.25, 0.3) is 22.1 Å². The molecule has 0 saturated heterocycles. The number of rotatable bonds is 9. The fourth-order valence-corrected chi connectivity index (χ4v) is 3.72. The van der Waals surface area contributed by atoms with Crippen molar-refractivity contribution in [2.45, 2.75) is 45.7 Å². The number of furan rings is 1. The molecule has 0 bridgehead atoms. The number of halogens is 3. The zero-order chi connectivity index (χ0) is 27.6. The van der Waals surface area contributed by atoms with Crippen LogP contribution in [0.4, 0.5) is 13.2 Å². The number of aliphatic hydroxyl groups excluding tert-OH is 1. The number of nitrogens with two attached hydrogens (primary N) is 1. The summed E-state index contributed by atoms with van der Waals surface area (Å²) in [6.45, 7) is 7.76. The number of benzene rings is 2. The van der Waals surface area contributed by atoms with Crippen molar-refractivity contribution < 1.29 is 37.3 Å². The van der Waals surface area contributed by atoms with Gasteiger partial charge in [0.25, 0.3) is 6.47 Å². The first-order valence-corrected chi connectivity index (χ1v) is 11.4. The summed E-state index contributed by atoms with van der Waals surface area (Å²) < 4.78 is 51.9. The maximum atomic E-state index is 13.5. The van der Waals surface area contributed by atoms with Gasteiger partial charge in [-0.1, -0.05) is 43.9 Å². The van der Waals surface area contributed by atoms with Crippen LogP contribution in [0.15, 0.2) is 83.2 Å². The monoisotopic (exact) mass is 517 g/mol. The van der Waals surface area contributed by atoms with Crippen molar-refractivity contribution >= 4 is 17.4 Å². The molecule has 1 atom stereocenters. The number of carboxylic acid groups (broad SMARTS) is 1. The average Bonchev–Trinajstić information content (AvgIpc) is 3.29. The molecule has 0 spiro atoms. The van der Waals surface area contributed by atoms with E-state index < -0.39 is 12.3 Å². The molecule has 0 aliphatic carbocycles. The van der Waals surface area contributed by atoms with E-state index in [-0.39, 0.29) is 24.2 Å². The zero-order valence-corrected chi connectivity index (χ0v) is 20.6. The average molecular weight is 518 g/mol. The van der Waals surface area contributed by atoms with E-state index in [2.05, 4.69) is 6.58 Å². The van der Waals surface area contributed by atoms with Gasteiger partial charge in [-0.3, -0.25) is 4.79 Å². The molecule has 2 aromatic carbocycles. The molecule has 3 rings (SSSR count). The molecule has 1 heterocycles. The number of allylic oxidation sites excluding steroid dienone is 4. The molecule has 37 heavy (non-hydrogen) atoms.